The molecule has 0 spiro atoms. The molecular weight excluding hydrogens is 216 g/mol. The summed E-state index contributed by atoms with van der Waals surface area (Å²) in [7, 11) is 0. The molecule has 1 N–H and O–H groups in total. The molecule has 0 aromatic carbocycles. The third kappa shape index (κ3) is 2.47. The zero-order valence-corrected chi connectivity index (χ0v) is 10.5. The van der Waals surface area contributed by atoms with Crippen molar-refractivity contribution in [3.8, 4) is 0 Å². The predicted octanol–water partition coefficient (Wildman–Crippen LogP) is 0.622. The summed E-state index contributed by atoms with van der Waals surface area (Å²) < 4.78 is 5.81. The van der Waals surface area contributed by atoms with E-state index in [4.69, 9.17) is 4.74 Å². The molecule has 96 valence electrons. The molecule has 3 aliphatic rings. The van der Waals surface area contributed by atoms with Gasteiger partial charge in [0.15, 0.2) is 0 Å². The van der Waals surface area contributed by atoms with E-state index in [1.165, 1.54) is 19.4 Å². The summed E-state index contributed by atoms with van der Waals surface area (Å²) in [5.74, 6) is 1.09. The second-order valence-corrected chi connectivity index (χ2v) is 5.81. The van der Waals surface area contributed by atoms with Crippen LogP contribution in [-0.2, 0) is 9.53 Å². The van der Waals surface area contributed by atoms with Gasteiger partial charge in [0.2, 0.25) is 5.91 Å². The van der Waals surface area contributed by atoms with Crippen LogP contribution in [0.3, 0.4) is 0 Å². The maximum absolute atomic E-state index is 11.7. The number of fused-ring (bicyclic) bond motifs is 1. The number of rotatable bonds is 3. The van der Waals surface area contributed by atoms with Crippen molar-refractivity contribution in [2.45, 2.75) is 38.3 Å². The molecule has 0 bridgehead atoms. The summed E-state index contributed by atoms with van der Waals surface area (Å²) in [4.78, 5) is 14.2. The number of morpholine rings is 1. The van der Waals surface area contributed by atoms with E-state index in [9.17, 15) is 4.79 Å². The van der Waals surface area contributed by atoms with Crippen molar-refractivity contribution in [3.63, 3.8) is 0 Å². The molecule has 1 saturated carbocycles. The third-order valence-electron chi connectivity index (χ3n) is 4.41. The molecule has 2 saturated heterocycles. The van der Waals surface area contributed by atoms with Crippen LogP contribution in [0.2, 0.25) is 0 Å². The Morgan fingerprint density at radius 3 is 3.12 bits per heavy atom. The molecule has 2 heterocycles. The fourth-order valence-corrected chi connectivity index (χ4v) is 3.04. The van der Waals surface area contributed by atoms with Crippen molar-refractivity contribution in [2.24, 2.45) is 11.8 Å². The standard InChI is InChI=1S/C13H22N2O2/c1-9-5-12(9)13(16)14-6-11-7-15-4-2-3-10(15)8-17-11/h9-12H,2-8H2,1H3,(H,14,16). The summed E-state index contributed by atoms with van der Waals surface area (Å²) in [5, 5.41) is 3.03. The fraction of sp³-hybridized carbons (Fsp3) is 0.923. The van der Waals surface area contributed by atoms with Crippen LogP contribution in [0.1, 0.15) is 26.2 Å². The van der Waals surface area contributed by atoms with Gasteiger partial charge in [-0.3, -0.25) is 9.69 Å². The predicted molar refractivity (Wildman–Crippen MR) is 64.6 cm³/mol. The number of carbonyl (C=O) groups is 1. The van der Waals surface area contributed by atoms with Gasteiger partial charge < -0.3 is 10.1 Å². The first-order chi connectivity index (χ1) is 8.24. The van der Waals surface area contributed by atoms with Crippen LogP contribution >= 0.6 is 0 Å². The Balaban J connectivity index is 1.42. The first kappa shape index (κ1) is 11.5. The second-order valence-electron chi connectivity index (χ2n) is 5.81. The zero-order valence-electron chi connectivity index (χ0n) is 10.5. The topological polar surface area (TPSA) is 41.6 Å². The molecule has 1 amide bonds. The Labute approximate surface area is 103 Å². The Morgan fingerprint density at radius 2 is 2.35 bits per heavy atom. The molecule has 4 unspecified atom stereocenters. The first-order valence-corrected chi connectivity index (χ1v) is 6.87. The SMILES string of the molecule is CC1CC1C(=O)NCC1CN2CCCC2CO1. The van der Waals surface area contributed by atoms with Gasteiger partial charge >= 0.3 is 0 Å². The van der Waals surface area contributed by atoms with Gasteiger partial charge in [-0.05, 0) is 31.7 Å². The summed E-state index contributed by atoms with van der Waals surface area (Å²) >= 11 is 0. The molecule has 17 heavy (non-hydrogen) atoms. The van der Waals surface area contributed by atoms with Gasteiger partial charge in [0.1, 0.15) is 0 Å². The molecule has 0 radical (unpaired) electrons. The average Bonchev–Trinajstić information content (AvgIpc) is 2.90. The van der Waals surface area contributed by atoms with Crippen LogP contribution in [-0.4, -0.2) is 49.2 Å². The smallest absolute Gasteiger partial charge is 0.223 e. The fourth-order valence-electron chi connectivity index (χ4n) is 3.04. The number of nitrogens with zero attached hydrogens (tertiary/aromatic N) is 1. The van der Waals surface area contributed by atoms with Gasteiger partial charge in [-0.1, -0.05) is 6.92 Å². The number of carbonyl (C=O) groups excluding carboxylic acids is 1. The largest absolute Gasteiger partial charge is 0.373 e. The van der Waals surface area contributed by atoms with Gasteiger partial charge in [0.05, 0.1) is 12.7 Å². The summed E-state index contributed by atoms with van der Waals surface area (Å²) in [6, 6.07) is 0.644. The summed E-state index contributed by atoms with van der Waals surface area (Å²) in [6.07, 6.45) is 3.83. The highest BCUT2D eigenvalue weighted by molar-refractivity contribution is 5.81. The number of amides is 1. The Bertz CT molecular complexity index is 308. The highest BCUT2D eigenvalue weighted by Crippen LogP contribution is 2.37. The molecule has 1 aliphatic carbocycles. The van der Waals surface area contributed by atoms with Crippen LogP contribution in [0.25, 0.3) is 0 Å². The van der Waals surface area contributed by atoms with Gasteiger partial charge in [-0.15, -0.1) is 0 Å². The van der Waals surface area contributed by atoms with E-state index < -0.39 is 0 Å². The van der Waals surface area contributed by atoms with Crippen LogP contribution in [0.4, 0.5) is 0 Å². The van der Waals surface area contributed by atoms with Gasteiger partial charge in [-0.2, -0.15) is 0 Å². The van der Waals surface area contributed by atoms with Gasteiger partial charge in [-0.25, -0.2) is 0 Å². The number of ether oxygens (including phenoxy) is 1. The maximum Gasteiger partial charge on any atom is 0.223 e. The molecule has 4 heteroatoms. The summed E-state index contributed by atoms with van der Waals surface area (Å²) in [6.45, 7) is 5.87. The molecule has 0 aromatic rings. The minimum atomic E-state index is 0.197. The van der Waals surface area contributed by atoms with Crippen molar-refractivity contribution >= 4 is 5.91 Å². The summed E-state index contributed by atoms with van der Waals surface area (Å²) in [5.41, 5.74) is 0. The van der Waals surface area contributed by atoms with E-state index in [1.807, 2.05) is 0 Å². The normalized spacial score (nSPS) is 41.0. The van der Waals surface area contributed by atoms with Crippen molar-refractivity contribution in [1.29, 1.82) is 0 Å². The molecule has 3 fully saturated rings. The molecular formula is C13H22N2O2. The van der Waals surface area contributed by atoms with Crippen molar-refractivity contribution in [3.05, 3.63) is 0 Å². The van der Waals surface area contributed by atoms with Crippen molar-refractivity contribution in [2.75, 3.05) is 26.2 Å². The van der Waals surface area contributed by atoms with Crippen molar-refractivity contribution in [1.82, 2.24) is 10.2 Å². The average molecular weight is 238 g/mol. The Hall–Kier alpha value is -0.610. The lowest BCUT2D eigenvalue weighted by molar-refractivity contribution is -0.124. The number of hydrogen-bond donors (Lipinski definition) is 1. The van der Waals surface area contributed by atoms with E-state index in [0.717, 1.165) is 19.6 Å². The van der Waals surface area contributed by atoms with Gasteiger partial charge in [0.25, 0.3) is 0 Å². The molecule has 4 atom stereocenters. The van der Waals surface area contributed by atoms with Crippen LogP contribution in [0.5, 0.6) is 0 Å². The second kappa shape index (κ2) is 4.58. The van der Waals surface area contributed by atoms with Crippen LogP contribution in [0.15, 0.2) is 0 Å². The van der Waals surface area contributed by atoms with Crippen LogP contribution < -0.4 is 5.32 Å². The van der Waals surface area contributed by atoms with Crippen molar-refractivity contribution < 1.29 is 9.53 Å². The number of nitrogens with one attached hydrogen (secondary N) is 1. The molecule has 0 aromatic heterocycles. The highest BCUT2D eigenvalue weighted by atomic mass is 16.5. The monoisotopic (exact) mass is 238 g/mol. The zero-order chi connectivity index (χ0) is 11.8. The lowest BCUT2D eigenvalue weighted by Gasteiger charge is -2.35. The van der Waals surface area contributed by atoms with Gasteiger partial charge in [0, 0.05) is 25.0 Å². The number of hydrogen-bond acceptors (Lipinski definition) is 3. The van der Waals surface area contributed by atoms with E-state index in [2.05, 4.69) is 17.1 Å². The molecule has 4 nitrogen and oxygen atoms in total. The lowest BCUT2D eigenvalue weighted by Crippen LogP contribution is -2.50. The molecule has 3 rings (SSSR count). The van der Waals surface area contributed by atoms with E-state index in [-0.39, 0.29) is 17.9 Å². The minimum absolute atomic E-state index is 0.197. The minimum Gasteiger partial charge on any atom is -0.373 e. The van der Waals surface area contributed by atoms with E-state index in [0.29, 0.717) is 18.5 Å². The Kier molecular flexibility index (Phi) is 3.09. The lowest BCUT2D eigenvalue weighted by atomic mass is 10.2. The highest BCUT2D eigenvalue weighted by Gasteiger charge is 2.39. The quantitative estimate of drug-likeness (QED) is 0.784. The first-order valence-electron chi connectivity index (χ1n) is 6.87. The Morgan fingerprint density at radius 1 is 1.53 bits per heavy atom. The van der Waals surface area contributed by atoms with E-state index in [1.54, 1.807) is 0 Å². The maximum atomic E-state index is 11.7. The molecule has 2 aliphatic heterocycles. The third-order valence-corrected chi connectivity index (χ3v) is 4.41. The van der Waals surface area contributed by atoms with Crippen LogP contribution in [0, 0.1) is 11.8 Å². The van der Waals surface area contributed by atoms with E-state index >= 15 is 0 Å².